The van der Waals surface area contributed by atoms with E-state index in [0.29, 0.717) is 35.1 Å². The van der Waals surface area contributed by atoms with Crippen LogP contribution in [0.15, 0.2) is 71.8 Å². The van der Waals surface area contributed by atoms with Crippen molar-refractivity contribution in [2.75, 3.05) is 30.4 Å². The third-order valence-electron chi connectivity index (χ3n) is 5.78. The van der Waals surface area contributed by atoms with Crippen molar-refractivity contribution in [2.24, 2.45) is 0 Å². The topological polar surface area (TPSA) is 91.8 Å². The lowest BCUT2D eigenvalue weighted by atomic mass is 10.0. The van der Waals surface area contributed by atoms with Gasteiger partial charge in [0.05, 0.1) is 27.7 Å². The Morgan fingerprint density at radius 1 is 1.06 bits per heavy atom. The van der Waals surface area contributed by atoms with E-state index in [-0.39, 0.29) is 35.1 Å². The Labute approximate surface area is 214 Å². The standard InChI is InChI=1S/C24H24Cl2N4O4S/c1-34-22-10-9-18(16-20(22)26)35(32,33)29-14-11-17(12-15-29)30(23-8-4-5-13-27-23)24(31)28-21-7-3-2-6-19(21)25/h2-10,13,16-17H,11-12,14-15H2,1H3,(H,28,31). The highest BCUT2D eigenvalue weighted by Crippen LogP contribution is 2.31. The fourth-order valence-corrected chi connectivity index (χ4v) is 5.99. The lowest BCUT2D eigenvalue weighted by Gasteiger charge is -2.37. The number of amides is 2. The van der Waals surface area contributed by atoms with Gasteiger partial charge in [0.15, 0.2) is 0 Å². The summed E-state index contributed by atoms with van der Waals surface area (Å²) in [6.07, 6.45) is 2.46. The molecule has 1 aliphatic rings. The number of halogens is 2. The molecule has 2 aromatic carbocycles. The van der Waals surface area contributed by atoms with E-state index in [9.17, 15) is 13.2 Å². The van der Waals surface area contributed by atoms with E-state index >= 15 is 0 Å². The van der Waals surface area contributed by atoms with Crippen molar-refractivity contribution in [3.63, 3.8) is 0 Å². The van der Waals surface area contributed by atoms with Crippen LogP contribution in [0.4, 0.5) is 16.3 Å². The second kappa shape index (κ2) is 10.8. The summed E-state index contributed by atoms with van der Waals surface area (Å²) < 4.78 is 32.9. The third-order valence-corrected chi connectivity index (χ3v) is 8.30. The lowest BCUT2D eigenvalue weighted by molar-refractivity contribution is 0.248. The number of hydrogen-bond donors (Lipinski definition) is 1. The van der Waals surface area contributed by atoms with Gasteiger partial charge in [-0.1, -0.05) is 41.4 Å². The summed E-state index contributed by atoms with van der Waals surface area (Å²) in [5.41, 5.74) is 0.483. The number of carbonyl (C=O) groups excluding carboxylic acids is 1. The molecule has 0 saturated carbocycles. The predicted octanol–water partition coefficient (Wildman–Crippen LogP) is 5.29. The Bertz CT molecular complexity index is 1300. The number of rotatable bonds is 6. The van der Waals surface area contributed by atoms with Gasteiger partial charge < -0.3 is 10.1 Å². The summed E-state index contributed by atoms with van der Waals surface area (Å²) in [4.78, 5) is 19.3. The van der Waals surface area contributed by atoms with E-state index in [1.807, 2.05) is 0 Å². The number of carbonyl (C=O) groups is 1. The predicted molar refractivity (Wildman–Crippen MR) is 137 cm³/mol. The number of aromatic nitrogens is 1. The first-order valence-corrected chi connectivity index (χ1v) is 13.1. The monoisotopic (exact) mass is 534 g/mol. The number of benzene rings is 2. The first-order chi connectivity index (χ1) is 16.8. The Morgan fingerprint density at radius 3 is 2.40 bits per heavy atom. The van der Waals surface area contributed by atoms with Crippen LogP contribution in [0.25, 0.3) is 0 Å². The van der Waals surface area contributed by atoms with Gasteiger partial charge in [0, 0.05) is 25.3 Å². The Balaban J connectivity index is 1.53. The molecule has 11 heteroatoms. The summed E-state index contributed by atoms with van der Waals surface area (Å²) in [5.74, 6) is 0.875. The van der Waals surface area contributed by atoms with Gasteiger partial charge in [-0.25, -0.2) is 18.2 Å². The van der Waals surface area contributed by atoms with Crippen molar-refractivity contribution in [2.45, 2.75) is 23.8 Å². The summed E-state index contributed by atoms with van der Waals surface area (Å²) in [5, 5.41) is 3.49. The molecule has 2 amide bonds. The number of nitrogens with one attached hydrogen (secondary N) is 1. The van der Waals surface area contributed by atoms with Crippen molar-refractivity contribution in [3.05, 3.63) is 76.9 Å². The van der Waals surface area contributed by atoms with Gasteiger partial charge in [0.1, 0.15) is 11.6 Å². The maximum absolute atomic E-state index is 13.3. The molecule has 8 nitrogen and oxygen atoms in total. The van der Waals surface area contributed by atoms with E-state index in [2.05, 4.69) is 10.3 Å². The molecule has 0 spiro atoms. The molecule has 4 rings (SSSR count). The van der Waals surface area contributed by atoms with Crippen molar-refractivity contribution < 1.29 is 17.9 Å². The molecule has 3 aromatic rings. The molecule has 2 heterocycles. The van der Waals surface area contributed by atoms with Crippen LogP contribution in [0.1, 0.15) is 12.8 Å². The van der Waals surface area contributed by atoms with Crippen LogP contribution in [0.3, 0.4) is 0 Å². The number of methoxy groups -OCH3 is 1. The molecule has 0 bridgehead atoms. The first-order valence-electron chi connectivity index (χ1n) is 10.9. The van der Waals surface area contributed by atoms with Crippen molar-refractivity contribution in [3.8, 4) is 5.75 Å². The quantitative estimate of drug-likeness (QED) is 0.463. The highest BCUT2D eigenvalue weighted by atomic mass is 35.5. The van der Waals surface area contributed by atoms with Gasteiger partial charge in [-0.3, -0.25) is 4.90 Å². The molecule has 1 aliphatic heterocycles. The highest BCUT2D eigenvalue weighted by Gasteiger charge is 2.35. The number of sulfonamides is 1. The van der Waals surface area contributed by atoms with Gasteiger partial charge >= 0.3 is 6.03 Å². The molecule has 184 valence electrons. The Hall–Kier alpha value is -2.85. The van der Waals surface area contributed by atoms with Crippen LogP contribution in [0.2, 0.25) is 10.0 Å². The molecule has 1 N–H and O–H groups in total. The third kappa shape index (κ3) is 5.54. The number of para-hydroxylation sites is 1. The molecule has 1 aromatic heterocycles. The molecule has 1 fully saturated rings. The van der Waals surface area contributed by atoms with Gasteiger partial charge in [-0.15, -0.1) is 0 Å². The largest absolute Gasteiger partial charge is 0.495 e. The Morgan fingerprint density at radius 2 is 1.77 bits per heavy atom. The zero-order valence-corrected chi connectivity index (χ0v) is 21.2. The van der Waals surface area contributed by atoms with E-state index in [1.54, 1.807) is 53.6 Å². The fourth-order valence-electron chi connectivity index (χ4n) is 3.99. The molecular formula is C24H24Cl2N4O4S. The average molecular weight is 535 g/mol. The number of pyridine rings is 1. The number of urea groups is 1. The van der Waals surface area contributed by atoms with Crippen molar-refractivity contribution in [1.82, 2.24) is 9.29 Å². The van der Waals surface area contributed by atoms with Gasteiger partial charge in [-0.2, -0.15) is 4.31 Å². The normalized spacial score (nSPS) is 14.9. The van der Waals surface area contributed by atoms with E-state index in [1.165, 1.54) is 29.6 Å². The number of anilines is 2. The number of hydrogen-bond acceptors (Lipinski definition) is 5. The van der Waals surface area contributed by atoms with Crippen LogP contribution in [-0.2, 0) is 10.0 Å². The minimum absolute atomic E-state index is 0.0970. The summed E-state index contributed by atoms with van der Waals surface area (Å²) in [6, 6.07) is 16.0. The van der Waals surface area contributed by atoms with Crippen LogP contribution < -0.4 is 15.0 Å². The minimum Gasteiger partial charge on any atom is -0.495 e. The van der Waals surface area contributed by atoms with E-state index in [0.717, 1.165) is 0 Å². The first kappa shape index (κ1) is 25.2. The van der Waals surface area contributed by atoms with Crippen molar-refractivity contribution >= 4 is 50.8 Å². The van der Waals surface area contributed by atoms with Crippen LogP contribution in [0, 0.1) is 0 Å². The highest BCUT2D eigenvalue weighted by molar-refractivity contribution is 7.89. The molecule has 0 aliphatic carbocycles. The molecule has 0 unspecified atom stereocenters. The maximum Gasteiger partial charge on any atom is 0.327 e. The van der Waals surface area contributed by atoms with Crippen LogP contribution >= 0.6 is 23.2 Å². The second-order valence-electron chi connectivity index (χ2n) is 7.90. The molecule has 35 heavy (non-hydrogen) atoms. The summed E-state index contributed by atoms with van der Waals surface area (Å²) in [7, 11) is -2.29. The molecular weight excluding hydrogens is 511 g/mol. The molecule has 0 atom stereocenters. The van der Waals surface area contributed by atoms with E-state index < -0.39 is 10.0 Å². The zero-order chi connectivity index (χ0) is 25.0. The number of piperidine rings is 1. The molecule has 1 saturated heterocycles. The van der Waals surface area contributed by atoms with Crippen LogP contribution in [-0.4, -0.2) is 50.0 Å². The molecule has 0 radical (unpaired) electrons. The van der Waals surface area contributed by atoms with Gasteiger partial charge in [-0.05, 0) is 55.3 Å². The number of ether oxygens (including phenoxy) is 1. The van der Waals surface area contributed by atoms with Crippen LogP contribution in [0.5, 0.6) is 5.75 Å². The lowest BCUT2D eigenvalue weighted by Crippen LogP contribution is -2.50. The average Bonchev–Trinajstić information content (AvgIpc) is 2.86. The summed E-state index contributed by atoms with van der Waals surface area (Å²) >= 11 is 12.4. The van der Waals surface area contributed by atoms with Gasteiger partial charge in [0.25, 0.3) is 0 Å². The SMILES string of the molecule is COc1ccc(S(=O)(=O)N2CCC(N(C(=O)Nc3ccccc3Cl)c3ccccn3)CC2)cc1Cl. The fraction of sp³-hybridized carbons (Fsp3) is 0.250. The van der Waals surface area contributed by atoms with Crippen molar-refractivity contribution in [1.29, 1.82) is 0 Å². The summed E-state index contributed by atoms with van der Waals surface area (Å²) in [6.45, 7) is 0.471. The smallest absolute Gasteiger partial charge is 0.327 e. The Kier molecular flexibility index (Phi) is 7.81. The second-order valence-corrected chi connectivity index (χ2v) is 10.7. The number of nitrogens with zero attached hydrogens (tertiary/aromatic N) is 3. The van der Waals surface area contributed by atoms with E-state index in [4.69, 9.17) is 27.9 Å². The van der Waals surface area contributed by atoms with Gasteiger partial charge in [0.2, 0.25) is 10.0 Å². The maximum atomic E-state index is 13.3. The minimum atomic E-state index is -3.76. The zero-order valence-electron chi connectivity index (χ0n) is 18.9.